The number of carboxylic acids is 2. The molecule has 4 aromatic rings. The standard InChI is InChI=1S/C26H20N10O9/c1-2-28-24(37)13-7-18(20(31-27)11-29-14-3-5-16(25(38)39)22(9-14)35(42)43)30-19(8-13)21-12-34(33-32-21)15-4-6-17(26(40)41)23(10-15)36(44)45/h3-12,27,29H,2H2,1H3,(H,28,37)(H,38,39)(H,40,41)/b20-11-,31-27?. The van der Waals surface area contributed by atoms with E-state index in [-0.39, 0.29) is 46.3 Å². The fraction of sp³-hybridized carbons (Fsp3) is 0.0769. The molecule has 1 amide bonds. The van der Waals surface area contributed by atoms with Crippen molar-refractivity contribution < 1.29 is 34.4 Å². The van der Waals surface area contributed by atoms with E-state index in [0.717, 1.165) is 28.9 Å². The van der Waals surface area contributed by atoms with Gasteiger partial charge in [0.2, 0.25) is 0 Å². The Labute approximate surface area is 250 Å². The van der Waals surface area contributed by atoms with Gasteiger partial charge in [0, 0.05) is 36.1 Å². The van der Waals surface area contributed by atoms with Crippen molar-refractivity contribution >= 4 is 40.6 Å². The second-order valence-corrected chi connectivity index (χ2v) is 8.88. The Balaban J connectivity index is 1.75. The lowest BCUT2D eigenvalue weighted by molar-refractivity contribution is -0.385. The molecule has 0 radical (unpaired) electrons. The summed E-state index contributed by atoms with van der Waals surface area (Å²) in [5.74, 6) is -3.48. The Morgan fingerprint density at radius 3 is 2.22 bits per heavy atom. The smallest absolute Gasteiger partial charge is 0.342 e. The molecule has 45 heavy (non-hydrogen) atoms. The molecule has 0 fully saturated rings. The number of aromatic carboxylic acids is 2. The molecule has 2 heterocycles. The van der Waals surface area contributed by atoms with Gasteiger partial charge in [0.05, 0.1) is 33.1 Å². The van der Waals surface area contributed by atoms with E-state index in [4.69, 9.17) is 5.53 Å². The Morgan fingerprint density at radius 1 is 0.978 bits per heavy atom. The molecule has 0 atom stereocenters. The minimum atomic E-state index is -1.49. The lowest BCUT2D eigenvalue weighted by Gasteiger charge is -2.09. The van der Waals surface area contributed by atoms with Crippen LogP contribution >= 0.6 is 0 Å². The van der Waals surface area contributed by atoms with Crippen molar-refractivity contribution in [3.63, 3.8) is 0 Å². The van der Waals surface area contributed by atoms with Crippen LogP contribution in [-0.2, 0) is 0 Å². The number of carbonyl (C=O) groups is 3. The molecule has 2 aromatic carbocycles. The first kappa shape index (κ1) is 31.0. The van der Waals surface area contributed by atoms with Crippen LogP contribution in [0.1, 0.15) is 43.7 Å². The van der Waals surface area contributed by atoms with Crippen LogP contribution < -0.4 is 10.6 Å². The topological polar surface area (TPSA) is 282 Å². The number of hydrogen-bond acceptors (Lipinski definition) is 13. The van der Waals surface area contributed by atoms with Crippen LogP contribution in [0.2, 0.25) is 0 Å². The first-order valence-corrected chi connectivity index (χ1v) is 12.5. The fourth-order valence-electron chi connectivity index (χ4n) is 3.96. The summed E-state index contributed by atoms with van der Waals surface area (Å²) in [6.07, 6.45) is 2.50. The van der Waals surface area contributed by atoms with Crippen molar-refractivity contribution in [2.75, 3.05) is 11.9 Å². The van der Waals surface area contributed by atoms with Crippen molar-refractivity contribution in [3.8, 4) is 17.1 Å². The van der Waals surface area contributed by atoms with Crippen LogP contribution in [0.15, 0.2) is 66.0 Å². The molecule has 0 aliphatic heterocycles. The van der Waals surface area contributed by atoms with Crippen LogP contribution in [-0.4, -0.2) is 64.4 Å². The van der Waals surface area contributed by atoms with Crippen molar-refractivity contribution in [1.82, 2.24) is 25.3 Å². The predicted octanol–water partition coefficient (Wildman–Crippen LogP) is 3.73. The Kier molecular flexibility index (Phi) is 8.92. The third kappa shape index (κ3) is 6.77. The predicted molar refractivity (Wildman–Crippen MR) is 153 cm³/mol. The van der Waals surface area contributed by atoms with Crippen molar-refractivity contribution in [3.05, 3.63) is 104 Å². The number of nitrogens with one attached hydrogen (secondary N) is 3. The fourth-order valence-corrected chi connectivity index (χ4v) is 3.96. The molecule has 0 bridgehead atoms. The van der Waals surface area contributed by atoms with Crippen molar-refractivity contribution in [2.24, 2.45) is 5.11 Å². The largest absolute Gasteiger partial charge is 0.477 e. The summed E-state index contributed by atoms with van der Waals surface area (Å²) in [5.41, 5.74) is 5.60. The SMILES string of the molecule is CCNC(=O)c1cc(/C(=C/Nc2ccc(C(=O)O)c([N+](=O)[O-])c2)N=N)nc(-c2cn(-c3ccc(C(=O)O)c([N+](=O)[O-])c3)nn2)c1. The quantitative estimate of drug-likeness (QED) is 0.0862. The molecule has 228 valence electrons. The van der Waals surface area contributed by atoms with E-state index in [9.17, 15) is 44.8 Å². The Morgan fingerprint density at radius 2 is 1.62 bits per heavy atom. The highest BCUT2D eigenvalue weighted by Gasteiger charge is 2.22. The molecule has 0 aliphatic rings. The number of nitro benzene ring substituents is 2. The van der Waals surface area contributed by atoms with Gasteiger partial charge in [0.15, 0.2) is 0 Å². The summed E-state index contributed by atoms with van der Waals surface area (Å²) in [6.45, 7) is 1.98. The number of carboxylic acid groups (broad SMARTS) is 2. The second-order valence-electron chi connectivity index (χ2n) is 8.88. The van der Waals surface area contributed by atoms with E-state index >= 15 is 0 Å². The number of amides is 1. The highest BCUT2D eigenvalue weighted by molar-refractivity contribution is 5.96. The highest BCUT2D eigenvalue weighted by atomic mass is 16.6. The number of nitrogens with zero attached hydrogens (tertiary/aromatic N) is 7. The van der Waals surface area contributed by atoms with Gasteiger partial charge >= 0.3 is 11.9 Å². The van der Waals surface area contributed by atoms with Crippen LogP contribution in [0.3, 0.4) is 0 Å². The first-order valence-electron chi connectivity index (χ1n) is 12.5. The Bertz CT molecular complexity index is 1920. The normalized spacial score (nSPS) is 11.0. The summed E-state index contributed by atoms with van der Waals surface area (Å²) in [4.78, 5) is 60.9. The number of rotatable bonds is 12. The van der Waals surface area contributed by atoms with Gasteiger partial charge in [-0.2, -0.15) is 5.11 Å². The first-order chi connectivity index (χ1) is 21.4. The van der Waals surface area contributed by atoms with Crippen molar-refractivity contribution in [1.29, 1.82) is 5.53 Å². The molecule has 0 saturated carbocycles. The molecule has 4 rings (SSSR count). The van der Waals surface area contributed by atoms with E-state index in [1.54, 1.807) is 6.92 Å². The molecule has 0 spiro atoms. The molecule has 5 N–H and O–H groups in total. The van der Waals surface area contributed by atoms with Gasteiger partial charge < -0.3 is 20.8 Å². The average Bonchev–Trinajstić information content (AvgIpc) is 3.51. The maximum Gasteiger partial charge on any atom is 0.342 e. The number of aromatic nitrogens is 4. The molecule has 2 aromatic heterocycles. The average molecular weight is 617 g/mol. The van der Waals surface area contributed by atoms with E-state index in [0.29, 0.717) is 0 Å². The lowest BCUT2D eigenvalue weighted by Crippen LogP contribution is -2.23. The van der Waals surface area contributed by atoms with Gasteiger partial charge in [-0.1, -0.05) is 5.21 Å². The third-order valence-corrected chi connectivity index (χ3v) is 6.04. The summed E-state index contributed by atoms with van der Waals surface area (Å²) >= 11 is 0. The lowest BCUT2D eigenvalue weighted by atomic mass is 10.1. The molecule has 0 aliphatic carbocycles. The number of nitro groups is 2. The number of anilines is 1. The van der Waals surface area contributed by atoms with Gasteiger partial charge in [-0.05, 0) is 43.3 Å². The van der Waals surface area contributed by atoms with Gasteiger partial charge in [-0.25, -0.2) is 24.8 Å². The maximum atomic E-state index is 12.8. The summed E-state index contributed by atoms with van der Waals surface area (Å²) in [6, 6.07) is 9.33. The molecular weight excluding hydrogens is 596 g/mol. The van der Waals surface area contributed by atoms with E-state index in [1.807, 2.05) is 0 Å². The minimum absolute atomic E-state index is 0.0103. The molecule has 19 nitrogen and oxygen atoms in total. The number of benzene rings is 2. The Hall–Kier alpha value is -6.92. The van der Waals surface area contributed by atoms with Crippen LogP contribution in [0.25, 0.3) is 22.8 Å². The van der Waals surface area contributed by atoms with Crippen LogP contribution in [0.5, 0.6) is 0 Å². The monoisotopic (exact) mass is 616 g/mol. The van der Waals surface area contributed by atoms with Gasteiger partial charge in [0.25, 0.3) is 17.3 Å². The number of hydrogen-bond donors (Lipinski definition) is 5. The molecule has 19 heteroatoms. The maximum absolute atomic E-state index is 12.8. The van der Waals surface area contributed by atoms with Gasteiger partial charge in [0.1, 0.15) is 22.5 Å². The highest BCUT2D eigenvalue weighted by Crippen LogP contribution is 2.27. The number of carbonyl (C=O) groups excluding carboxylic acids is 1. The zero-order valence-electron chi connectivity index (χ0n) is 22.9. The van der Waals surface area contributed by atoms with Crippen LogP contribution in [0.4, 0.5) is 17.1 Å². The summed E-state index contributed by atoms with van der Waals surface area (Å²) < 4.78 is 1.13. The minimum Gasteiger partial charge on any atom is -0.477 e. The van der Waals surface area contributed by atoms with Crippen molar-refractivity contribution in [2.45, 2.75) is 6.92 Å². The summed E-state index contributed by atoms with van der Waals surface area (Å²) in [5, 5.41) is 57.9. The van der Waals surface area contributed by atoms with E-state index in [1.165, 1.54) is 36.7 Å². The number of pyridine rings is 1. The second kappa shape index (κ2) is 12.9. The molecule has 0 saturated heterocycles. The van der Waals surface area contributed by atoms with E-state index < -0.39 is 50.2 Å². The van der Waals surface area contributed by atoms with Gasteiger partial charge in [-0.15, -0.1) is 5.10 Å². The third-order valence-electron chi connectivity index (χ3n) is 6.04. The molecular formula is C26H20N10O9. The van der Waals surface area contributed by atoms with E-state index in [2.05, 4.69) is 31.0 Å². The molecule has 0 unspecified atom stereocenters. The summed E-state index contributed by atoms with van der Waals surface area (Å²) in [7, 11) is 0. The zero-order chi connectivity index (χ0) is 32.8. The zero-order valence-corrected chi connectivity index (χ0v) is 22.9. The van der Waals surface area contributed by atoms with Crippen LogP contribution in [0, 0.1) is 25.8 Å². The van der Waals surface area contributed by atoms with Gasteiger partial charge in [-0.3, -0.25) is 25.0 Å².